The maximum absolute atomic E-state index is 6.73. The first-order valence-electron chi connectivity index (χ1n) is 16.2. The van der Waals surface area contributed by atoms with E-state index >= 15 is 0 Å². The molecule has 0 aliphatic heterocycles. The average molecular weight is 600 g/mol. The molecule has 226 valence electrons. The highest BCUT2D eigenvalue weighted by Gasteiger charge is 2.26. The van der Waals surface area contributed by atoms with Gasteiger partial charge in [-0.25, -0.2) is 9.97 Å². The molecule has 0 fully saturated rings. The van der Waals surface area contributed by atoms with E-state index in [1.54, 1.807) is 0 Å². The third-order valence-corrected chi connectivity index (χ3v) is 9.42. The van der Waals surface area contributed by atoms with Gasteiger partial charge in [-0.15, -0.1) is 0 Å². The molecule has 5 aromatic carbocycles. The van der Waals surface area contributed by atoms with Crippen LogP contribution in [0.25, 0.3) is 72.2 Å². The summed E-state index contributed by atoms with van der Waals surface area (Å²) in [6.07, 6.45) is 0. The summed E-state index contributed by atoms with van der Waals surface area (Å²) in [5, 5.41) is 4.60. The largest absolute Gasteiger partial charge is 0.437 e. The molecule has 0 N–H and O–H groups in total. The molecule has 4 nitrogen and oxygen atoms in total. The zero-order valence-corrected chi connectivity index (χ0v) is 27.2. The second-order valence-electron chi connectivity index (χ2n) is 13.1. The van der Waals surface area contributed by atoms with Crippen LogP contribution in [0.3, 0.4) is 0 Å². The second kappa shape index (κ2) is 10.7. The summed E-state index contributed by atoms with van der Waals surface area (Å²) in [7, 11) is 0. The molecule has 3 heterocycles. The molecule has 4 heteroatoms. The van der Waals surface area contributed by atoms with E-state index in [1.807, 2.05) is 0 Å². The Morgan fingerprint density at radius 1 is 0.652 bits per heavy atom. The van der Waals surface area contributed by atoms with Crippen molar-refractivity contribution in [2.45, 2.75) is 53.4 Å². The van der Waals surface area contributed by atoms with Gasteiger partial charge in [-0.1, -0.05) is 94.4 Å². The van der Waals surface area contributed by atoms with Crippen LogP contribution in [-0.4, -0.2) is 14.5 Å². The number of rotatable bonds is 5. The fraction of sp³-hybridized carbons (Fsp3) is 0.190. The van der Waals surface area contributed by atoms with Crippen LogP contribution in [-0.2, 0) is 0 Å². The maximum Gasteiger partial charge on any atom is 0.227 e. The SMILES string of the molecule is Cc1cccc(C)c1-c1ccc2c(n1)oc1c(-c3nc4ccccc4n3-c3c(C(C)C)cc4ccccc4c3C(C)C)cccc12. The Morgan fingerprint density at radius 2 is 1.37 bits per heavy atom. The summed E-state index contributed by atoms with van der Waals surface area (Å²) in [4.78, 5) is 10.4. The Labute approximate surface area is 269 Å². The van der Waals surface area contributed by atoms with Crippen LogP contribution in [0, 0.1) is 13.8 Å². The highest BCUT2D eigenvalue weighted by atomic mass is 16.3. The smallest absolute Gasteiger partial charge is 0.227 e. The van der Waals surface area contributed by atoms with Gasteiger partial charge in [0, 0.05) is 16.3 Å². The minimum Gasteiger partial charge on any atom is -0.437 e. The van der Waals surface area contributed by atoms with Crippen LogP contribution < -0.4 is 0 Å². The van der Waals surface area contributed by atoms with Gasteiger partial charge in [-0.3, -0.25) is 4.57 Å². The van der Waals surface area contributed by atoms with Crippen LogP contribution >= 0.6 is 0 Å². The molecule has 0 saturated heterocycles. The number of pyridine rings is 1. The Balaban J connectivity index is 1.45. The first kappa shape index (κ1) is 28.3. The van der Waals surface area contributed by atoms with Crippen LogP contribution in [0.15, 0.2) is 108 Å². The topological polar surface area (TPSA) is 43.9 Å². The number of benzene rings is 5. The highest BCUT2D eigenvalue weighted by molar-refractivity contribution is 6.09. The minimum atomic E-state index is 0.294. The lowest BCUT2D eigenvalue weighted by atomic mass is 9.87. The van der Waals surface area contributed by atoms with E-state index < -0.39 is 0 Å². The van der Waals surface area contributed by atoms with E-state index in [2.05, 4.69) is 149 Å². The second-order valence-corrected chi connectivity index (χ2v) is 13.1. The van der Waals surface area contributed by atoms with Gasteiger partial charge in [0.05, 0.1) is 28.0 Å². The molecule has 3 aromatic heterocycles. The Kier molecular flexibility index (Phi) is 6.57. The van der Waals surface area contributed by atoms with E-state index in [0.717, 1.165) is 50.0 Å². The van der Waals surface area contributed by atoms with Crippen molar-refractivity contribution in [3.8, 4) is 28.3 Å². The summed E-state index contributed by atoms with van der Waals surface area (Å²) in [6.45, 7) is 13.4. The molecular formula is C42H37N3O. The predicted octanol–water partition coefficient (Wildman–Crippen LogP) is 11.7. The lowest BCUT2D eigenvalue weighted by Crippen LogP contribution is -2.09. The molecule has 0 bridgehead atoms. The Morgan fingerprint density at radius 3 is 2.15 bits per heavy atom. The number of hydrogen-bond acceptors (Lipinski definition) is 3. The normalized spacial score (nSPS) is 12.1. The number of aryl methyl sites for hydroxylation is 2. The molecule has 0 unspecified atom stereocenters. The van der Waals surface area contributed by atoms with Crippen molar-refractivity contribution < 1.29 is 4.42 Å². The lowest BCUT2D eigenvalue weighted by Gasteiger charge is -2.25. The van der Waals surface area contributed by atoms with Crippen molar-refractivity contribution >= 4 is 43.9 Å². The summed E-state index contributed by atoms with van der Waals surface area (Å²) in [6, 6.07) is 36.6. The molecular weight excluding hydrogens is 562 g/mol. The van der Waals surface area contributed by atoms with Gasteiger partial charge in [0.15, 0.2) is 0 Å². The van der Waals surface area contributed by atoms with Crippen molar-refractivity contribution in [1.29, 1.82) is 0 Å². The first-order valence-corrected chi connectivity index (χ1v) is 16.2. The van der Waals surface area contributed by atoms with E-state index in [1.165, 1.54) is 38.7 Å². The predicted molar refractivity (Wildman–Crippen MR) is 192 cm³/mol. The van der Waals surface area contributed by atoms with Gasteiger partial charge in [0.25, 0.3) is 0 Å². The summed E-state index contributed by atoms with van der Waals surface area (Å²) < 4.78 is 9.12. The molecule has 0 radical (unpaired) electrons. The van der Waals surface area contributed by atoms with Crippen molar-refractivity contribution in [2.75, 3.05) is 0 Å². The van der Waals surface area contributed by atoms with Crippen LogP contribution in [0.1, 0.15) is 61.8 Å². The van der Waals surface area contributed by atoms with Crippen LogP contribution in [0.5, 0.6) is 0 Å². The zero-order chi connectivity index (χ0) is 31.7. The van der Waals surface area contributed by atoms with Crippen molar-refractivity contribution in [1.82, 2.24) is 14.5 Å². The molecule has 0 spiro atoms. The Bertz CT molecular complexity index is 2440. The third-order valence-electron chi connectivity index (χ3n) is 9.42. The number of hydrogen-bond donors (Lipinski definition) is 0. The van der Waals surface area contributed by atoms with Gasteiger partial charge in [0.2, 0.25) is 5.71 Å². The number of nitrogens with zero attached hydrogens (tertiary/aromatic N) is 3. The number of fused-ring (bicyclic) bond motifs is 5. The molecule has 0 amide bonds. The molecule has 46 heavy (non-hydrogen) atoms. The van der Waals surface area contributed by atoms with E-state index in [4.69, 9.17) is 14.4 Å². The van der Waals surface area contributed by atoms with E-state index in [9.17, 15) is 0 Å². The minimum absolute atomic E-state index is 0.294. The van der Waals surface area contributed by atoms with Crippen molar-refractivity contribution in [2.24, 2.45) is 0 Å². The molecule has 0 aliphatic carbocycles. The lowest BCUT2D eigenvalue weighted by molar-refractivity contribution is 0.655. The quantitative estimate of drug-likeness (QED) is 0.198. The zero-order valence-electron chi connectivity index (χ0n) is 27.2. The maximum atomic E-state index is 6.73. The summed E-state index contributed by atoms with van der Waals surface area (Å²) in [5.41, 5.74) is 12.8. The number of para-hydroxylation sites is 3. The van der Waals surface area contributed by atoms with Gasteiger partial charge >= 0.3 is 0 Å². The Hall–Kier alpha value is -5.22. The molecule has 0 atom stereocenters. The first-order chi connectivity index (χ1) is 22.3. The summed E-state index contributed by atoms with van der Waals surface area (Å²) >= 11 is 0. The standard InChI is InChI=1S/C42H37N3O/c1-24(2)33-23-28-15-7-8-16-29(28)37(25(3)4)39(33)45-36-20-10-9-19-34(36)43-41(45)32-18-12-17-30-31-21-22-35(44-42(31)46-40(30)32)38-26(5)13-11-14-27(38)6/h7-25H,1-6H3. The van der Waals surface area contributed by atoms with Gasteiger partial charge in [0.1, 0.15) is 11.4 Å². The van der Waals surface area contributed by atoms with Gasteiger partial charge < -0.3 is 4.42 Å². The van der Waals surface area contributed by atoms with E-state index in [-0.39, 0.29) is 0 Å². The van der Waals surface area contributed by atoms with Gasteiger partial charge in [-0.2, -0.15) is 0 Å². The monoisotopic (exact) mass is 599 g/mol. The van der Waals surface area contributed by atoms with Gasteiger partial charge in [-0.05, 0) is 95.1 Å². The number of furan rings is 1. The van der Waals surface area contributed by atoms with Crippen molar-refractivity contribution in [3.05, 3.63) is 125 Å². The molecule has 8 rings (SSSR count). The average Bonchev–Trinajstić information content (AvgIpc) is 3.62. The fourth-order valence-electron chi connectivity index (χ4n) is 7.31. The van der Waals surface area contributed by atoms with Crippen molar-refractivity contribution in [3.63, 3.8) is 0 Å². The van der Waals surface area contributed by atoms with Crippen LogP contribution in [0.2, 0.25) is 0 Å². The fourth-order valence-corrected chi connectivity index (χ4v) is 7.31. The molecule has 8 aromatic rings. The molecule has 0 aliphatic rings. The third kappa shape index (κ3) is 4.28. The number of aromatic nitrogens is 3. The summed E-state index contributed by atoms with van der Waals surface area (Å²) in [5.74, 6) is 1.47. The highest BCUT2D eigenvalue weighted by Crippen LogP contribution is 2.43. The van der Waals surface area contributed by atoms with E-state index in [0.29, 0.717) is 17.5 Å². The number of imidazole rings is 1. The molecule has 0 saturated carbocycles. The van der Waals surface area contributed by atoms with Crippen LogP contribution in [0.4, 0.5) is 0 Å².